The first-order valence-corrected chi connectivity index (χ1v) is 15.0. The van der Waals surface area contributed by atoms with Crippen molar-refractivity contribution in [2.45, 2.75) is 17.1 Å². The van der Waals surface area contributed by atoms with Gasteiger partial charge in [-0.3, -0.25) is 14.4 Å². The number of nitrogens with one attached hydrogen (secondary N) is 3. The third-order valence-corrected chi connectivity index (χ3v) is 7.89. The van der Waals surface area contributed by atoms with E-state index in [1.807, 2.05) is 6.07 Å². The Morgan fingerprint density at radius 1 is 0.778 bits per heavy atom. The minimum Gasteiger partial charge on any atom is -0.496 e. The maximum absolute atomic E-state index is 13.7. The molecule has 0 spiro atoms. The molecule has 0 saturated carbocycles. The zero-order chi connectivity index (χ0) is 32.3. The molecule has 4 rings (SSSR count). The topological polar surface area (TPSA) is 115 Å². The van der Waals surface area contributed by atoms with Gasteiger partial charge in [0.1, 0.15) is 11.4 Å². The quantitative estimate of drug-likeness (QED) is 0.113. The van der Waals surface area contributed by atoms with Crippen LogP contribution in [0, 0.1) is 0 Å². The summed E-state index contributed by atoms with van der Waals surface area (Å²) in [6.07, 6.45) is 1.50. The van der Waals surface area contributed by atoms with E-state index in [1.54, 1.807) is 91.9 Å². The largest absolute Gasteiger partial charge is 0.496 e. The molecule has 0 aliphatic heterocycles. The number of ether oxygens (including phenoxy) is 3. The van der Waals surface area contributed by atoms with E-state index in [2.05, 4.69) is 16.0 Å². The van der Waals surface area contributed by atoms with E-state index < -0.39 is 17.1 Å². The second-order valence-electron chi connectivity index (χ2n) is 9.54. The third kappa shape index (κ3) is 8.81. The Balaban J connectivity index is 1.58. The summed E-state index contributed by atoms with van der Waals surface area (Å²) in [5.74, 6) is -0.0254. The lowest BCUT2D eigenvalue weighted by molar-refractivity contribution is -0.115. The number of amides is 3. The van der Waals surface area contributed by atoms with Crippen LogP contribution in [0.15, 0.2) is 102 Å². The van der Waals surface area contributed by atoms with E-state index in [0.717, 1.165) is 4.90 Å². The van der Waals surface area contributed by atoms with Gasteiger partial charge in [0.2, 0.25) is 5.91 Å². The number of anilines is 2. The number of para-hydroxylation sites is 1. The number of benzene rings is 4. The van der Waals surface area contributed by atoms with Crippen molar-refractivity contribution in [1.82, 2.24) is 5.32 Å². The summed E-state index contributed by atoms with van der Waals surface area (Å²) in [6, 6.07) is 25.9. The molecule has 0 bridgehead atoms. The highest BCUT2D eigenvalue weighted by Crippen LogP contribution is 2.36. The molecule has 1 atom stereocenters. The molecule has 1 unspecified atom stereocenters. The third-order valence-electron chi connectivity index (χ3n) is 6.47. The Kier molecular flexibility index (Phi) is 11.5. The number of thioether (sulfide) groups is 1. The van der Waals surface area contributed by atoms with Gasteiger partial charge in [-0.25, -0.2) is 0 Å². The van der Waals surface area contributed by atoms with Crippen molar-refractivity contribution in [3.05, 3.63) is 113 Å². The summed E-state index contributed by atoms with van der Waals surface area (Å²) < 4.78 is 16.3. The number of hydrogen-bond donors (Lipinski definition) is 3. The standard InChI is InChI=1S/C34H32ClN3O6S/c1-21(32(39)37-27-16-9-8-15-26(27)35)45-25-14-10-13-24(19-25)36-34(41)28(38-33(40)22-11-6-5-7-12-22)17-23-18-30(43-3)31(44-4)20-29(23)42-2/h5-21H,1-4H3,(H,36,41)(H,37,39)(H,38,40)/b28-17+. The van der Waals surface area contributed by atoms with Crippen LogP contribution in [0.1, 0.15) is 22.8 Å². The van der Waals surface area contributed by atoms with Crippen molar-refractivity contribution in [3.63, 3.8) is 0 Å². The molecule has 0 aliphatic carbocycles. The fraction of sp³-hybridized carbons (Fsp3) is 0.147. The van der Waals surface area contributed by atoms with Crippen LogP contribution in [-0.2, 0) is 9.59 Å². The van der Waals surface area contributed by atoms with Gasteiger partial charge in [-0.2, -0.15) is 0 Å². The van der Waals surface area contributed by atoms with E-state index in [-0.39, 0.29) is 11.6 Å². The highest BCUT2D eigenvalue weighted by molar-refractivity contribution is 8.00. The molecule has 3 amide bonds. The van der Waals surface area contributed by atoms with E-state index in [4.69, 9.17) is 25.8 Å². The number of hydrogen-bond acceptors (Lipinski definition) is 7. The normalized spacial score (nSPS) is 11.6. The summed E-state index contributed by atoms with van der Waals surface area (Å²) in [4.78, 5) is 40.3. The van der Waals surface area contributed by atoms with Crippen LogP contribution in [0.2, 0.25) is 5.02 Å². The number of carbonyl (C=O) groups excluding carboxylic acids is 3. The van der Waals surface area contributed by atoms with Crippen molar-refractivity contribution >= 4 is 58.5 Å². The van der Waals surface area contributed by atoms with Gasteiger partial charge in [0, 0.05) is 27.8 Å². The lowest BCUT2D eigenvalue weighted by atomic mass is 10.1. The second-order valence-corrected chi connectivity index (χ2v) is 11.4. The monoisotopic (exact) mass is 645 g/mol. The van der Waals surface area contributed by atoms with Gasteiger partial charge in [0.05, 0.1) is 37.3 Å². The maximum atomic E-state index is 13.7. The van der Waals surface area contributed by atoms with E-state index >= 15 is 0 Å². The molecule has 0 aliphatic rings. The summed E-state index contributed by atoms with van der Waals surface area (Å²) >= 11 is 7.50. The summed E-state index contributed by atoms with van der Waals surface area (Å²) in [5, 5.41) is 8.38. The summed E-state index contributed by atoms with van der Waals surface area (Å²) in [6.45, 7) is 1.78. The van der Waals surface area contributed by atoms with Crippen LogP contribution < -0.4 is 30.2 Å². The molecule has 11 heteroatoms. The number of rotatable bonds is 12. The van der Waals surface area contributed by atoms with Crippen molar-refractivity contribution in [1.29, 1.82) is 0 Å². The Hall–Kier alpha value is -4.93. The first-order chi connectivity index (χ1) is 21.7. The van der Waals surface area contributed by atoms with E-state index in [0.29, 0.717) is 44.8 Å². The van der Waals surface area contributed by atoms with Gasteiger partial charge in [-0.05, 0) is 61.5 Å². The lowest BCUT2D eigenvalue weighted by Crippen LogP contribution is -2.30. The molecule has 0 radical (unpaired) electrons. The molecular formula is C34H32ClN3O6S. The van der Waals surface area contributed by atoms with Crippen molar-refractivity contribution in [2.24, 2.45) is 0 Å². The molecule has 0 aromatic heterocycles. The fourth-order valence-electron chi connectivity index (χ4n) is 4.16. The van der Waals surface area contributed by atoms with Gasteiger partial charge in [0.15, 0.2) is 11.5 Å². The number of carbonyl (C=O) groups is 3. The molecular weight excluding hydrogens is 614 g/mol. The van der Waals surface area contributed by atoms with Crippen LogP contribution in [0.5, 0.6) is 17.2 Å². The van der Waals surface area contributed by atoms with Gasteiger partial charge < -0.3 is 30.2 Å². The highest BCUT2D eigenvalue weighted by Gasteiger charge is 2.19. The zero-order valence-corrected chi connectivity index (χ0v) is 26.6. The average molecular weight is 646 g/mol. The first kappa shape index (κ1) is 33.0. The number of halogens is 1. The lowest BCUT2D eigenvalue weighted by Gasteiger charge is -2.15. The van der Waals surface area contributed by atoms with Gasteiger partial charge in [0.25, 0.3) is 11.8 Å². The molecule has 0 fully saturated rings. The molecule has 232 valence electrons. The number of methoxy groups -OCH3 is 3. The molecule has 4 aromatic rings. The van der Waals surface area contributed by atoms with Crippen LogP contribution in [0.4, 0.5) is 11.4 Å². The summed E-state index contributed by atoms with van der Waals surface area (Å²) in [5.41, 5.74) is 1.79. The van der Waals surface area contributed by atoms with Crippen molar-refractivity contribution in [3.8, 4) is 17.2 Å². The van der Waals surface area contributed by atoms with Crippen LogP contribution in [-0.4, -0.2) is 44.3 Å². The van der Waals surface area contributed by atoms with Gasteiger partial charge in [-0.1, -0.05) is 48.0 Å². The smallest absolute Gasteiger partial charge is 0.272 e. The van der Waals surface area contributed by atoms with E-state index in [1.165, 1.54) is 39.2 Å². The van der Waals surface area contributed by atoms with Crippen molar-refractivity contribution in [2.75, 3.05) is 32.0 Å². The Bertz CT molecular complexity index is 1710. The van der Waals surface area contributed by atoms with E-state index in [9.17, 15) is 14.4 Å². The first-order valence-electron chi connectivity index (χ1n) is 13.7. The predicted octanol–water partition coefficient (Wildman–Crippen LogP) is 6.89. The molecule has 0 heterocycles. The molecule has 9 nitrogen and oxygen atoms in total. The van der Waals surface area contributed by atoms with Crippen molar-refractivity contribution < 1.29 is 28.6 Å². The van der Waals surface area contributed by atoms with Crippen LogP contribution in [0.3, 0.4) is 0 Å². The molecule has 3 N–H and O–H groups in total. The van der Waals surface area contributed by atoms with Gasteiger partial charge >= 0.3 is 0 Å². The molecule has 0 saturated heterocycles. The Morgan fingerprint density at radius 3 is 2.13 bits per heavy atom. The maximum Gasteiger partial charge on any atom is 0.272 e. The van der Waals surface area contributed by atoms with Crippen LogP contribution in [0.25, 0.3) is 6.08 Å². The Labute approximate surface area is 270 Å². The minimum atomic E-state index is -0.581. The predicted molar refractivity (Wildman–Crippen MR) is 178 cm³/mol. The summed E-state index contributed by atoms with van der Waals surface area (Å²) in [7, 11) is 4.49. The zero-order valence-electron chi connectivity index (χ0n) is 25.1. The SMILES string of the molecule is COc1cc(OC)c(OC)cc1/C=C(/NC(=O)c1ccccc1)C(=O)Nc1cccc(SC(C)C(=O)Nc2ccccc2Cl)c1. The fourth-order valence-corrected chi connectivity index (χ4v) is 5.27. The van der Waals surface area contributed by atoms with Crippen LogP contribution >= 0.6 is 23.4 Å². The highest BCUT2D eigenvalue weighted by atomic mass is 35.5. The molecule has 45 heavy (non-hydrogen) atoms. The molecule has 4 aromatic carbocycles. The minimum absolute atomic E-state index is 0.0417. The van der Waals surface area contributed by atoms with Gasteiger partial charge in [-0.15, -0.1) is 11.8 Å². The Morgan fingerprint density at radius 2 is 1.44 bits per heavy atom. The second kappa shape index (κ2) is 15.7. The average Bonchev–Trinajstić information content (AvgIpc) is 3.05.